The molecule has 0 fully saturated rings. The van der Waals surface area contributed by atoms with Crippen LogP contribution in [0.25, 0.3) is 0 Å². The van der Waals surface area contributed by atoms with Gasteiger partial charge < -0.3 is 15.0 Å². The highest BCUT2D eigenvalue weighted by Gasteiger charge is 2.34. The van der Waals surface area contributed by atoms with Gasteiger partial charge in [0.05, 0.1) is 17.7 Å². The van der Waals surface area contributed by atoms with Crippen LogP contribution >= 0.6 is 15.9 Å². The van der Waals surface area contributed by atoms with Crippen LogP contribution in [0.2, 0.25) is 0 Å². The molecule has 0 aliphatic carbocycles. The van der Waals surface area contributed by atoms with E-state index >= 15 is 0 Å². The van der Waals surface area contributed by atoms with Crippen LogP contribution < -0.4 is 14.4 Å². The molecule has 0 bridgehead atoms. The summed E-state index contributed by atoms with van der Waals surface area (Å²) in [7, 11) is -2.61. The first-order chi connectivity index (χ1) is 21.6. The quantitative estimate of drug-likeness (QED) is 0.173. The molecule has 2 amide bonds. The zero-order chi connectivity index (χ0) is 32.4. The van der Waals surface area contributed by atoms with E-state index in [1.54, 1.807) is 61.7 Å². The summed E-state index contributed by atoms with van der Waals surface area (Å²) >= 11 is 3.43. The molecule has 4 aromatic rings. The molecule has 4 aromatic carbocycles. The van der Waals surface area contributed by atoms with Crippen molar-refractivity contribution in [3.8, 4) is 5.75 Å². The van der Waals surface area contributed by atoms with Crippen molar-refractivity contribution in [2.24, 2.45) is 5.92 Å². The number of benzene rings is 4. The number of hydrogen-bond donors (Lipinski definition) is 1. The fraction of sp³-hybridized carbons (Fsp3) is 0.257. The summed E-state index contributed by atoms with van der Waals surface area (Å²) in [5.74, 6) is -0.0512. The Bertz CT molecular complexity index is 1680. The van der Waals surface area contributed by atoms with Gasteiger partial charge in [-0.2, -0.15) is 0 Å². The van der Waals surface area contributed by atoms with E-state index in [-0.39, 0.29) is 29.7 Å². The van der Waals surface area contributed by atoms with E-state index in [4.69, 9.17) is 4.74 Å². The number of sulfonamides is 1. The van der Waals surface area contributed by atoms with Gasteiger partial charge in [-0.3, -0.25) is 13.9 Å². The number of hydrogen-bond acceptors (Lipinski definition) is 5. The lowest BCUT2D eigenvalue weighted by Crippen LogP contribution is -2.53. The van der Waals surface area contributed by atoms with E-state index in [1.165, 1.54) is 17.0 Å². The number of nitrogens with zero attached hydrogens (tertiary/aromatic N) is 2. The highest BCUT2D eigenvalue weighted by Crippen LogP contribution is 2.27. The maximum Gasteiger partial charge on any atom is 0.264 e. The Kier molecular flexibility index (Phi) is 11.8. The highest BCUT2D eigenvalue weighted by atomic mass is 79.9. The first kappa shape index (κ1) is 33.7. The van der Waals surface area contributed by atoms with Gasteiger partial charge in [0.25, 0.3) is 10.0 Å². The Balaban J connectivity index is 1.80. The molecule has 10 heteroatoms. The average molecular weight is 693 g/mol. The third-order valence-electron chi connectivity index (χ3n) is 7.15. The van der Waals surface area contributed by atoms with Gasteiger partial charge in [0.15, 0.2) is 0 Å². The van der Waals surface area contributed by atoms with Crippen LogP contribution in [-0.4, -0.2) is 51.4 Å². The summed E-state index contributed by atoms with van der Waals surface area (Å²) in [5, 5.41) is 3.00. The van der Waals surface area contributed by atoms with Gasteiger partial charge in [0.2, 0.25) is 11.8 Å². The lowest BCUT2D eigenvalue weighted by molar-refractivity contribution is -0.140. The molecule has 8 nitrogen and oxygen atoms in total. The van der Waals surface area contributed by atoms with Crippen molar-refractivity contribution in [1.29, 1.82) is 0 Å². The lowest BCUT2D eigenvalue weighted by atomic mass is 10.0. The number of halogens is 1. The van der Waals surface area contributed by atoms with Crippen molar-refractivity contribution in [2.75, 3.05) is 24.5 Å². The average Bonchev–Trinajstić information content (AvgIpc) is 3.04. The number of ether oxygens (including phenoxy) is 1. The first-order valence-electron chi connectivity index (χ1n) is 14.7. The molecule has 236 valence electrons. The highest BCUT2D eigenvalue weighted by molar-refractivity contribution is 9.10. The van der Waals surface area contributed by atoms with Crippen molar-refractivity contribution < 1.29 is 22.7 Å². The van der Waals surface area contributed by atoms with Crippen molar-refractivity contribution in [2.45, 2.75) is 37.8 Å². The summed E-state index contributed by atoms with van der Waals surface area (Å²) in [6, 6.07) is 30.6. The fourth-order valence-electron chi connectivity index (χ4n) is 4.82. The third-order valence-corrected chi connectivity index (χ3v) is 9.43. The summed E-state index contributed by atoms with van der Waals surface area (Å²) in [6.07, 6.45) is 0.239. The number of amides is 2. The topological polar surface area (TPSA) is 96.0 Å². The van der Waals surface area contributed by atoms with Crippen molar-refractivity contribution >= 4 is 43.5 Å². The second-order valence-electron chi connectivity index (χ2n) is 11.0. The van der Waals surface area contributed by atoms with Crippen LogP contribution in [0.5, 0.6) is 5.75 Å². The lowest BCUT2D eigenvalue weighted by Gasteiger charge is -2.34. The van der Waals surface area contributed by atoms with Crippen LogP contribution in [0.4, 0.5) is 5.69 Å². The number of nitrogens with one attached hydrogen (secondary N) is 1. The number of anilines is 1. The number of rotatable bonds is 14. The van der Waals surface area contributed by atoms with E-state index < -0.39 is 28.5 Å². The first-order valence-corrected chi connectivity index (χ1v) is 16.9. The fourth-order valence-corrected chi connectivity index (χ4v) is 6.64. The Labute approximate surface area is 274 Å². The zero-order valence-electron chi connectivity index (χ0n) is 25.6. The Morgan fingerprint density at radius 1 is 0.844 bits per heavy atom. The molecule has 4 rings (SSSR count). The summed E-state index contributed by atoms with van der Waals surface area (Å²) in [4.78, 5) is 29.9. The maximum atomic E-state index is 14.5. The molecule has 0 saturated heterocycles. The van der Waals surface area contributed by atoms with Gasteiger partial charge in [-0.25, -0.2) is 8.42 Å². The molecule has 45 heavy (non-hydrogen) atoms. The molecule has 0 aromatic heterocycles. The minimum absolute atomic E-state index is 0.0487. The van der Waals surface area contributed by atoms with E-state index in [2.05, 4.69) is 21.2 Å². The molecule has 0 aliphatic heterocycles. The van der Waals surface area contributed by atoms with Gasteiger partial charge in [-0.1, -0.05) is 96.5 Å². The predicted octanol–water partition coefficient (Wildman–Crippen LogP) is 6.07. The van der Waals surface area contributed by atoms with Gasteiger partial charge >= 0.3 is 0 Å². The van der Waals surface area contributed by atoms with Gasteiger partial charge in [-0.05, 0) is 59.5 Å². The molecule has 0 aliphatic rings. The largest absolute Gasteiger partial charge is 0.497 e. The predicted molar refractivity (Wildman–Crippen MR) is 180 cm³/mol. The molecule has 0 unspecified atom stereocenters. The summed E-state index contributed by atoms with van der Waals surface area (Å²) in [6.45, 7) is 3.95. The van der Waals surface area contributed by atoms with Crippen LogP contribution in [-0.2, 0) is 32.6 Å². The minimum atomic E-state index is -4.16. The number of methoxy groups -OCH3 is 1. The molecule has 0 saturated carbocycles. The molecular weight excluding hydrogens is 654 g/mol. The molecule has 1 atom stereocenters. The van der Waals surface area contributed by atoms with Crippen LogP contribution in [0.3, 0.4) is 0 Å². The number of carbonyl (C=O) groups excluding carboxylic acids is 2. The van der Waals surface area contributed by atoms with Crippen molar-refractivity contribution in [3.05, 3.63) is 125 Å². The van der Waals surface area contributed by atoms with Crippen molar-refractivity contribution in [1.82, 2.24) is 10.2 Å². The Morgan fingerprint density at radius 3 is 2.13 bits per heavy atom. The molecule has 0 spiro atoms. The second kappa shape index (κ2) is 15.7. The SMILES string of the molecule is COc1cccc(CN(C(=O)CN(c2cccc(Br)c2)S(=O)(=O)c2ccccc2)[C@H](Cc2ccccc2)C(=O)NCC(C)C)c1. The monoisotopic (exact) mass is 691 g/mol. The summed E-state index contributed by atoms with van der Waals surface area (Å²) in [5.41, 5.74) is 1.91. The Hall–Kier alpha value is -4.15. The van der Waals surface area contributed by atoms with Crippen molar-refractivity contribution in [3.63, 3.8) is 0 Å². The molecule has 1 N–H and O–H groups in total. The van der Waals surface area contributed by atoms with E-state index in [0.717, 1.165) is 15.4 Å². The van der Waals surface area contributed by atoms with E-state index in [9.17, 15) is 18.0 Å². The second-order valence-corrected chi connectivity index (χ2v) is 13.8. The third kappa shape index (κ3) is 9.18. The van der Waals surface area contributed by atoms with Crippen LogP contribution in [0, 0.1) is 5.92 Å². The van der Waals surface area contributed by atoms with Crippen LogP contribution in [0.15, 0.2) is 119 Å². The Morgan fingerprint density at radius 2 is 1.49 bits per heavy atom. The minimum Gasteiger partial charge on any atom is -0.497 e. The maximum absolute atomic E-state index is 14.5. The van der Waals surface area contributed by atoms with Gasteiger partial charge in [0, 0.05) is 24.0 Å². The summed E-state index contributed by atoms with van der Waals surface area (Å²) < 4.78 is 35.3. The van der Waals surface area contributed by atoms with Gasteiger partial charge in [0.1, 0.15) is 18.3 Å². The number of carbonyl (C=O) groups is 2. The molecule has 0 heterocycles. The van der Waals surface area contributed by atoms with E-state index in [1.807, 2.05) is 56.3 Å². The smallest absolute Gasteiger partial charge is 0.264 e. The standard InChI is InChI=1S/C35H38BrN3O5S/c1-26(2)23-37-35(41)33(21-27-12-6-4-7-13-27)38(24-28-14-10-17-31(20-28)44-3)34(40)25-39(30-16-11-15-29(36)22-30)45(42,43)32-18-8-5-9-19-32/h4-20,22,26,33H,21,23-25H2,1-3H3,(H,37,41)/t33-/m1/s1. The van der Waals surface area contributed by atoms with E-state index in [0.29, 0.717) is 22.5 Å². The van der Waals surface area contributed by atoms with Crippen LogP contribution in [0.1, 0.15) is 25.0 Å². The van der Waals surface area contributed by atoms with Gasteiger partial charge in [-0.15, -0.1) is 0 Å². The molecular formula is C35H38BrN3O5S. The zero-order valence-corrected chi connectivity index (χ0v) is 28.0. The normalized spacial score (nSPS) is 11.9. The molecule has 0 radical (unpaired) electrons.